The zero-order valence-corrected chi connectivity index (χ0v) is 12.7. The molecule has 2 aromatic heterocycles. The molecule has 2 heterocycles. The van der Waals surface area contributed by atoms with Gasteiger partial charge in [0.25, 0.3) is 0 Å². The molecule has 0 bridgehead atoms. The van der Waals surface area contributed by atoms with Gasteiger partial charge < -0.3 is 9.84 Å². The van der Waals surface area contributed by atoms with Gasteiger partial charge in [-0.15, -0.1) is 0 Å². The van der Waals surface area contributed by atoms with E-state index >= 15 is 0 Å². The molecule has 2 rings (SSSR count). The minimum atomic E-state index is -1.04. The van der Waals surface area contributed by atoms with Gasteiger partial charge >= 0.3 is 5.97 Å². The van der Waals surface area contributed by atoms with Crippen molar-refractivity contribution in [1.82, 2.24) is 14.8 Å². The molecule has 0 amide bonds. The molecule has 1 N–H and O–H groups in total. The van der Waals surface area contributed by atoms with Crippen molar-refractivity contribution in [2.75, 3.05) is 6.61 Å². The highest BCUT2D eigenvalue weighted by atomic mass is 16.5. The molecule has 0 fully saturated rings. The van der Waals surface area contributed by atoms with E-state index in [2.05, 4.69) is 10.1 Å². The summed E-state index contributed by atoms with van der Waals surface area (Å²) in [5.41, 5.74) is 2.35. The van der Waals surface area contributed by atoms with Gasteiger partial charge in [0.2, 0.25) is 0 Å². The number of aryl methyl sites for hydroxylation is 1. The second-order valence-corrected chi connectivity index (χ2v) is 4.98. The maximum atomic E-state index is 11.4. The number of aromatic carboxylic acids is 1. The van der Waals surface area contributed by atoms with E-state index in [1.165, 1.54) is 5.57 Å². The highest BCUT2D eigenvalue weighted by molar-refractivity contribution is 5.99. The third-order valence-corrected chi connectivity index (χ3v) is 3.09. The van der Waals surface area contributed by atoms with Crippen molar-refractivity contribution in [1.29, 1.82) is 0 Å². The molecule has 0 saturated heterocycles. The molecule has 0 radical (unpaired) electrons. The van der Waals surface area contributed by atoms with Gasteiger partial charge in [0, 0.05) is 0 Å². The lowest BCUT2D eigenvalue weighted by molar-refractivity contribution is 0.0691. The van der Waals surface area contributed by atoms with Crippen LogP contribution in [0.5, 0.6) is 5.75 Å². The number of carboxylic acid groups (broad SMARTS) is 1. The summed E-state index contributed by atoms with van der Waals surface area (Å²) in [6.07, 6.45) is 3.65. The van der Waals surface area contributed by atoms with E-state index < -0.39 is 5.97 Å². The van der Waals surface area contributed by atoms with Crippen LogP contribution in [0.1, 0.15) is 36.8 Å². The maximum absolute atomic E-state index is 11.4. The molecular formula is C15H19N3O3. The molecule has 6 nitrogen and oxygen atoms in total. The molecular weight excluding hydrogens is 270 g/mol. The number of hydrogen-bond acceptors (Lipinski definition) is 4. The molecule has 0 aliphatic rings. The van der Waals surface area contributed by atoms with Crippen LogP contribution in [0.4, 0.5) is 0 Å². The maximum Gasteiger partial charge on any atom is 0.341 e. The molecule has 112 valence electrons. The highest BCUT2D eigenvalue weighted by Crippen LogP contribution is 2.30. The van der Waals surface area contributed by atoms with E-state index in [1.54, 1.807) is 17.8 Å². The van der Waals surface area contributed by atoms with E-state index in [4.69, 9.17) is 4.74 Å². The molecule has 2 aromatic rings. The Balaban J connectivity index is 2.66. The average molecular weight is 289 g/mol. The number of aromatic nitrogens is 3. The standard InChI is InChI=1S/C15H19N3O3/c1-5-21-13-11-8-16-18(7-6-9(2)3)14(11)17-10(4)12(13)15(19)20/h6,8H,5,7H2,1-4H3,(H,19,20). The van der Waals surface area contributed by atoms with Crippen molar-refractivity contribution in [3.8, 4) is 5.75 Å². The van der Waals surface area contributed by atoms with Crippen molar-refractivity contribution >= 4 is 17.0 Å². The van der Waals surface area contributed by atoms with Crippen molar-refractivity contribution in [2.45, 2.75) is 34.2 Å². The number of hydrogen-bond donors (Lipinski definition) is 1. The van der Waals surface area contributed by atoms with Crippen LogP contribution in [-0.2, 0) is 6.54 Å². The minimum absolute atomic E-state index is 0.103. The molecule has 0 aromatic carbocycles. The fourth-order valence-electron chi connectivity index (χ4n) is 2.12. The van der Waals surface area contributed by atoms with Crippen LogP contribution in [0.3, 0.4) is 0 Å². The van der Waals surface area contributed by atoms with Crippen LogP contribution in [0, 0.1) is 6.92 Å². The molecule has 0 spiro atoms. The van der Waals surface area contributed by atoms with E-state index in [9.17, 15) is 9.90 Å². The van der Waals surface area contributed by atoms with Crippen LogP contribution >= 0.6 is 0 Å². The summed E-state index contributed by atoms with van der Waals surface area (Å²) >= 11 is 0. The summed E-state index contributed by atoms with van der Waals surface area (Å²) in [5, 5.41) is 14.3. The third kappa shape index (κ3) is 2.89. The van der Waals surface area contributed by atoms with Crippen molar-refractivity contribution in [3.05, 3.63) is 29.1 Å². The first-order valence-electron chi connectivity index (χ1n) is 6.81. The lowest BCUT2D eigenvalue weighted by Crippen LogP contribution is -2.09. The normalized spacial score (nSPS) is 10.7. The number of nitrogens with zero attached hydrogens (tertiary/aromatic N) is 3. The Morgan fingerprint density at radius 2 is 2.19 bits per heavy atom. The van der Waals surface area contributed by atoms with Gasteiger partial charge in [-0.2, -0.15) is 5.10 Å². The van der Waals surface area contributed by atoms with Crippen molar-refractivity contribution in [3.63, 3.8) is 0 Å². The molecule has 0 aliphatic carbocycles. The summed E-state index contributed by atoms with van der Waals surface area (Å²) in [6.45, 7) is 8.50. The Labute approximate surface area is 123 Å². The summed E-state index contributed by atoms with van der Waals surface area (Å²) in [5.74, 6) is -0.696. The Morgan fingerprint density at radius 1 is 1.48 bits per heavy atom. The Kier molecular flexibility index (Phi) is 4.26. The van der Waals surface area contributed by atoms with Gasteiger partial charge in [0.1, 0.15) is 11.3 Å². The van der Waals surface area contributed by atoms with E-state index in [1.807, 2.05) is 26.8 Å². The van der Waals surface area contributed by atoms with Gasteiger partial charge in [0.05, 0.1) is 30.4 Å². The SMILES string of the molecule is CCOc1c(C(=O)O)c(C)nc2c1cnn2CC=C(C)C. The number of fused-ring (bicyclic) bond motifs is 1. The zero-order valence-electron chi connectivity index (χ0n) is 12.7. The Bertz CT molecular complexity index is 713. The second kappa shape index (κ2) is 5.95. The number of ether oxygens (including phenoxy) is 1. The summed E-state index contributed by atoms with van der Waals surface area (Å²) in [7, 11) is 0. The Hall–Kier alpha value is -2.37. The largest absolute Gasteiger partial charge is 0.492 e. The van der Waals surface area contributed by atoms with Crippen LogP contribution in [0.25, 0.3) is 11.0 Å². The first-order chi connectivity index (χ1) is 9.95. The average Bonchev–Trinajstić information content (AvgIpc) is 2.79. The fourth-order valence-corrected chi connectivity index (χ4v) is 2.12. The number of carbonyl (C=O) groups is 1. The van der Waals surface area contributed by atoms with E-state index in [0.29, 0.717) is 35.6 Å². The zero-order chi connectivity index (χ0) is 15.6. The topological polar surface area (TPSA) is 77.2 Å². The van der Waals surface area contributed by atoms with E-state index in [0.717, 1.165) is 0 Å². The van der Waals surface area contributed by atoms with Crippen LogP contribution in [0.15, 0.2) is 17.8 Å². The molecule has 0 atom stereocenters. The van der Waals surface area contributed by atoms with Gasteiger partial charge in [-0.05, 0) is 27.7 Å². The molecule has 0 saturated carbocycles. The number of allylic oxidation sites excluding steroid dienone is 2. The van der Waals surface area contributed by atoms with Crippen molar-refractivity contribution in [2.24, 2.45) is 0 Å². The third-order valence-electron chi connectivity index (χ3n) is 3.09. The van der Waals surface area contributed by atoms with Crippen LogP contribution in [0.2, 0.25) is 0 Å². The van der Waals surface area contributed by atoms with Gasteiger partial charge in [-0.1, -0.05) is 11.6 Å². The van der Waals surface area contributed by atoms with Crippen molar-refractivity contribution < 1.29 is 14.6 Å². The molecule has 6 heteroatoms. The predicted octanol–water partition coefficient (Wildman–Crippen LogP) is 2.80. The predicted molar refractivity (Wildman–Crippen MR) is 79.8 cm³/mol. The minimum Gasteiger partial charge on any atom is -0.492 e. The van der Waals surface area contributed by atoms with Gasteiger partial charge in [-0.3, -0.25) is 0 Å². The lowest BCUT2D eigenvalue weighted by Gasteiger charge is -2.11. The lowest BCUT2D eigenvalue weighted by atomic mass is 10.1. The molecule has 0 aliphatic heterocycles. The number of pyridine rings is 1. The first-order valence-corrected chi connectivity index (χ1v) is 6.81. The summed E-state index contributed by atoms with van der Waals surface area (Å²) in [4.78, 5) is 15.8. The smallest absolute Gasteiger partial charge is 0.341 e. The second-order valence-electron chi connectivity index (χ2n) is 4.98. The monoisotopic (exact) mass is 289 g/mol. The van der Waals surface area contributed by atoms with E-state index in [-0.39, 0.29) is 5.56 Å². The first kappa shape index (κ1) is 15.0. The Morgan fingerprint density at radius 3 is 2.76 bits per heavy atom. The quantitative estimate of drug-likeness (QED) is 0.856. The fraction of sp³-hybridized carbons (Fsp3) is 0.400. The van der Waals surface area contributed by atoms with Crippen LogP contribution < -0.4 is 4.74 Å². The highest BCUT2D eigenvalue weighted by Gasteiger charge is 2.21. The number of rotatable bonds is 5. The summed E-state index contributed by atoms with van der Waals surface area (Å²) in [6, 6.07) is 0. The van der Waals surface area contributed by atoms with Gasteiger partial charge in [-0.25, -0.2) is 14.5 Å². The molecule has 21 heavy (non-hydrogen) atoms. The number of carboxylic acids is 1. The van der Waals surface area contributed by atoms with Gasteiger partial charge in [0.15, 0.2) is 5.65 Å². The van der Waals surface area contributed by atoms with Crippen LogP contribution in [-0.4, -0.2) is 32.4 Å². The summed E-state index contributed by atoms with van der Waals surface area (Å²) < 4.78 is 7.28. The molecule has 0 unspecified atom stereocenters.